The first kappa shape index (κ1) is 23.0. The number of hydrogen-bond acceptors (Lipinski definition) is 3. The number of nitrogens with zero attached hydrogens (tertiary/aromatic N) is 1. The zero-order chi connectivity index (χ0) is 22.4. The van der Waals surface area contributed by atoms with Gasteiger partial charge in [-0.25, -0.2) is 18.0 Å². The third-order valence-corrected chi connectivity index (χ3v) is 4.63. The minimum Gasteiger partial charge on any atom is -0.370 e. The van der Waals surface area contributed by atoms with E-state index in [9.17, 15) is 26.7 Å². The Balaban J connectivity index is 1.56. The van der Waals surface area contributed by atoms with Gasteiger partial charge in [-0.05, 0) is 35.4 Å². The zero-order valence-electron chi connectivity index (χ0n) is 16.4. The van der Waals surface area contributed by atoms with Gasteiger partial charge in [0.1, 0.15) is 18.5 Å². The van der Waals surface area contributed by atoms with E-state index in [-0.39, 0.29) is 19.8 Å². The van der Waals surface area contributed by atoms with Crippen molar-refractivity contribution in [2.45, 2.75) is 25.1 Å². The minimum atomic E-state index is -4.22. The van der Waals surface area contributed by atoms with Gasteiger partial charge >= 0.3 is 18.4 Å². The fraction of sp³-hybridized carbons (Fsp3) is 0.381. The predicted octanol–water partition coefficient (Wildman–Crippen LogP) is 4.85. The van der Waals surface area contributed by atoms with Gasteiger partial charge in [0.2, 0.25) is 0 Å². The number of anilines is 1. The van der Waals surface area contributed by atoms with Gasteiger partial charge in [-0.1, -0.05) is 24.3 Å². The maximum atomic E-state index is 13.5. The summed E-state index contributed by atoms with van der Waals surface area (Å²) >= 11 is 0. The number of urea groups is 1. The third-order valence-electron chi connectivity index (χ3n) is 4.63. The molecular weight excluding hydrogens is 423 g/mol. The Bertz CT molecular complexity index is 897. The molecule has 0 aliphatic carbocycles. The van der Waals surface area contributed by atoms with Gasteiger partial charge in [-0.15, -0.1) is 0 Å². The van der Waals surface area contributed by atoms with E-state index < -0.39 is 36.9 Å². The van der Waals surface area contributed by atoms with E-state index in [1.54, 1.807) is 30.3 Å². The standard InChI is InChI=1S/C21H21F5N2O3/c22-16-5-2-4-15(10-16)18-11-28(7-8-31-18)20(29)27-17-6-1-3-14(9-17)12-30-13-21(25,26)19(23)24/h1-6,9-10,18-19H,7-8,11-13H2,(H,27,29). The van der Waals surface area contributed by atoms with E-state index in [1.807, 2.05) is 0 Å². The molecule has 0 bridgehead atoms. The van der Waals surface area contributed by atoms with Crippen LogP contribution in [-0.4, -0.2) is 49.6 Å². The van der Waals surface area contributed by atoms with E-state index in [0.29, 0.717) is 23.4 Å². The van der Waals surface area contributed by atoms with Gasteiger partial charge in [0, 0.05) is 12.2 Å². The highest BCUT2D eigenvalue weighted by atomic mass is 19.3. The second-order valence-electron chi connectivity index (χ2n) is 7.05. The Labute approximate surface area is 175 Å². The molecule has 1 N–H and O–H groups in total. The molecule has 1 aliphatic heterocycles. The molecule has 1 unspecified atom stereocenters. The summed E-state index contributed by atoms with van der Waals surface area (Å²) in [5.41, 5.74) is 1.44. The summed E-state index contributed by atoms with van der Waals surface area (Å²) < 4.78 is 74.0. The molecule has 3 rings (SSSR count). The van der Waals surface area contributed by atoms with Gasteiger partial charge in [-0.3, -0.25) is 0 Å². The van der Waals surface area contributed by atoms with Gasteiger partial charge in [0.15, 0.2) is 0 Å². The summed E-state index contributed by atoms with van der Waals surface area (Å²) in [6, 6.07) is 11.8. The number of amides is 2. The van der Waals surface area contributed by atoms with Crippen LogP contribution in [0.1, 0.15) is 17.2 Å². The van der Waals surface area contributed by atoms with Crippen LogP contribution in [0.2, 0.25) is 0 Å². The van der Waals surface area contributed by atoms with E-state index in [1.165, 1.54) is 23.1 Å². The Kier molecular flexibility index (Phi) is 7.45. The fourth-order valence-corrected chi connectivity index (χ4v) is 3.05. The molecule has 1 saturated heterocycles. The molecule has 0 saturated carbocycles. The smallest absolute Gasteiger partial charge is 0.330 e. The van der Waals surface area contributed by atoms with Gasteiger partial charge < -0.3 is 19.7 Å². The number of morpholine rings is 1. The summed E-state index contributed by atoms with van der Waals surface area (Å²) in [7, 11) is 0. The summed E-state index contributed by atoms with van der Waals surface area (Å²) in [4.78, 5) is 14.1. The number of nitrogens with one attached hydrogen (secondary N) is 1. The lowest BCUT2D eigenvalue weighted by Gasteiger charge is -2.33. The van der Waals surface area contributed by atoms with Crippen molar-refractivity contribution in [1.82, 2.24) is 4.90 Å². The number of halogens is 5. The molecule has 0 radical (unpaired) electrons. The number of benzene rings is 2. The molecule has 2 aromatic carbocycles. The zero-order valence-corrected chi connectivity index (χ0v) is 16.4. The molecule has 1 atom stereocenters. The summed E-state index contributed by atoms with van der Waals surface area (Å²) in [6.07, 6.45) is -4.27. The van der Waals surface area contributed by atoms with Crippen molar-refractivity contribution in [1.29, 1.82) is 0 Å². The van der Waals surface area contributed by atoms with Crippen LogP contribution in [0.3, 0.4) is 0 Å². The second kappa shape index (κ2) is 10.1. The average molecular weight is 444 g/mol. The normalized spacial score (nSPS) is 17.1. The molecule has 31 heavy (non-hydrogen) atoms. The molecule has 1 fully saturated rings. The predicted molar refractivity (Wildman–Crippen MR) is 103 cm³/mol. The number of alkyl halides is 4. The highest BCUT2D eigenvalue weighted by Crippen LogP contribution is 2.25. The van der Waals surface area contributed by atoms with Crippen molar-refractivity contribution in [2.24, 2.45) is 0 Å². The summed E-state index contributed by atoms with van der Waals surface area (Å²) in [5.74, 6) is -4.62. The van der Waals surface area contributed by atoms with Crippen LogP contribution in [0, 0.1) is 5.82 Å². The van der Waals surface area contributed by atoms with Crippen molar-refractivity contribution >= 4 is 11.7 Å². The topological polar surface area (TPSA) is 50.8 Å². The van der Waals surface area contributed by atoms with Gasteiger partial charge in [-0.2, -0.15) is 8.78 Å². The maximum Gasteiger partial charge on any atom is 0.330 e. The lowest BCUT2D eigenvalue weighted by atomic mass is 10.1. The first-order valence-corrected chi connectivity index (χ1v) is 9.50. The van der Waals surface area contributed by atoms with Crippen molar-refractivity contribution in [3.8, 4) is 0 Å². The lowest BCUT2D eigenvalue weighted by Crippen LogP contribution is -2.44. The molecule has 0 spiro atoms. The van der Waals surface area contributed by atoms with Crippen LogP contribution >= 0.6 is 0 Å². The van der Waals surface area contributed by atoms with E-state index in [4.69, 9.17) is 9.47 Å². The Morgan fingerprint density at radius 2 is 2.00 bits per heavy atom. The fourth-order valence-electron chi connectivity index (χ4n) is 3.05. The SMILES string of the molecule is O=C(Nc1cccc(COCC(F)(F)C(F)F)c1)N1CCOC(c2cccc(F)c2)C1. The Morgan fingerprint density at radius 3 is 2.74 bits per heavy atom. The van der Waals surface area contributed by atoms with Crippen LogP contribution < -0.4 is 5.32 Å². The Hall–Kier alpha value is -2.72. The monoisotopic (exact) mass is 444 g/mol. The summed E-state index contributed by atoms with van der Waals surface area (Å²) in [6.45, 7) is -0.882. The third kappa shape index (κ3) is 6.38. The van der Waals surface area contributed by atoms with E-state index >= 15 is 0 Å². The van der Waals surface area contributed by atoms with Crippen molar-refractivity contribution in [3.05, 3.63) is 65.5 Å². The molecule has 2 amide bonds. The Morgan fingerprint density at radius 1 is 1.23 bits per heavy atom. The highest BCUT2D eigenvalue weighted by molar-refractivity contribution is 5.89. The molecule has 2 aromatic rings. The quantitative estimate of drug-likeness (QED) is 0.622. The molecule has 1 heterocycles. The van der Waals surface area contributed by atoms with Crippen LogP contribution in [0.25, 0.3) is 0 Å². The number of ether oxygens (including phenoxy) is 2. The molecular formula is C21H21F5N2O3. The number of carbonyl (C=O) groups is 1. The molecule has 0 aromatic heterocycles. The maximum absolute atomic E-state index is 13.5. The number of carbonyl (C=O) groups excluding carboxylic acids is 1. The largest absolute Gasteiger partial charge is 0.370 e. The van der Waals surface area contributed by atoms with Crippen LogP contribution in [0.4, 0.5) is 32.4 Å². The van der Waals surface area contributed by atoms with Crippen LogP contribution in [0.5, 0.6) is 0 Å². The first-order chi connectivity index (χ1) is 14.7. The minimum absolute atomic E-state index is 0.223. The van der Waals surface area contributed by atoms with E-state index in [2.05, 4.69) is 5.32 Å². The van der Waals surface area contributed by atoms with Crippen LogP contribution in [0.15, 0.2) is 48.5 Å². The molecule has 1 aliphatic rings. The molecule has 10 heteroatoms. The summed E-state index contributed by atoms with van der Waals surface area (Å²) in [5, 5.41) is 2.69. The van der Waals surface area contributed by atoms with Gasteiger partial charge in [0.05, 0.1) is 19.8 Å². The highest BCUT2D eigenvalue weighted by Gasteiger charge is 2.40. The second-order valence-corrected chi connectivity index (χ2v) is 7.05. The lowest BCUT2D eigenvalue weighted by molar-refractivity contribution is -0.168. The van der Waals surface area contributed by atoms with Crippen molar-refractivity contribution < 1.29 is 36.2 Å². The van der Waals surface area contributed by atoms with Gasteiger partial charge in [0.25, 0.3) is 0 Å². The number of hydrogen-bond donors (Lipinski definition) is 1. The molecule has 5 nitrogen and oxygen atoms in total. The van der Waals surface area contributed by atoms with Crippen molar-refractivity contribution in [2.75, 3.05) is 31.6 Å². The van der Waals surface area contributed by atoms with Crippen molar-refractivity contribution in [3.63, 3.8) is 0 Å². The van der Waals surface area contributed by atoms with Crippen LogP contribution in [-0.2, 0) is 16.1 Å². The number of rotatable bonds is 7. The van der Waals surface area contributed by atoms with E-state index in [0.717, 1.165) is 0 Å². The first-order valence-electron chi connectivity index (χ1n) is 9.50. The average Bonchev–Trinajstić information content (AvgIpc) is 2.74. The molecule has 168 valence electrons.